The number of hydrogen-bond donors (Lipinski definition) is 1. The highest BCUT2D eigenvalue weighted by molar-refractivity contribution is 5.99. The Morgan fingerprint density at radius 2 is 1.64 bits per heavy atom. The Kier molecular flexibility index (Phi) is 6.16. The van der Waals surface area contributed by atoms with Crippen molar-refractivity contribution in [1.29, 1.82) is 0 Å². The second-order valence-corrected chi connectivity index (χ2v) is 9.40. The van der Waals surface area contributed by atoms with Crippen LogP contribution in [0.15, 0.2) is 48.5 Å². The van der Waals surface area contributed by atoms with Gasteiger partial charge in [-0.15, -0.1) is 0 Å². The zero-order valence-corrected chi connectivity index (χ0v) is 19.0. The molecule has 2 atom stereocenters. The quantitative estimate of drug-likeness (QED) is 0.761. The summed E-state index contributed by atoms with van der Waals surface area (Å²) in [7, 11) is 0. The highest BCUT2D eigenvalue weighted by atomic mass is 16.2. The van der Waals surface area contributed by atoms with Crippen molar-refractivity contribution in [1.82, 2.24) is 5.32 Å². The summed E-state index contributed by atoms with van der Waals surface area (Å²) in [5, 5.41) is 3.07. The molecule has 3 aliphatic rings. The second kappa shape index (κ2) is 9.38. The zero-order valence-electron chi connectivity index (χ0n) is 19.0. The van der Waals surface area contributed by atoms with Crippen molar-refractivity contribution in [2.24, 2.45) is 11.8 Å². The lowest BCUT2D eigenvalue weighted by molar-refractivity contribution is -0.135. The number of carbonyl (C=O) groups excluding carboxylic acids is 3. The van der Waals surface area contributed by atoms with Crippen molar-refractivity contribution in [2.45, 2.75) is 51.5 Å². The Bertz CT molecular complexity index is 1050. The van der Waals surface area contributed by atoms with Crippen LogP contribution in [0, 0.1) is 11.8 Å². The Balaban J connectivity index is 1.22. The monoisotopic (exact) mass is 445 g/mol. The maximum atomic E-state index is 13.5. The molecule has 1 saturated heterocycles. The summed E-state index contributed by atoms with van der Waals surface area (Å²) in [4.78, 5) is 42.2. The lowest BCUT2D eigenvalue weighted by Crippen LogP contribution is -2.45. The predicted molar refractivity (Wildman–Crippen MR) is 128 cm³/mol. The summed E-state index contributed by atoms with van der Waals surface area (Å²) in [6.07, 6.45) is 5.90. The van der Waals surface area contributed by atoms with Gasteiger partial charge < -0.3 is 15.1 Å². The van der Waals surface area contributed by atoms with Crippen LogP contribution >= 0.6 is 0 Å². The van der Waals surface area contributed by atoms with Gasteiger partial charge in [0.25, 0.3) is 0 Å². The van der Waals surface area contributed by atoms with Gasteiger partial charge in [-0.25, -0.2) is 0 Å². The molecule has 2 heterocycles. The lowest BCUT2D eigenvalue weighted by Gasteiger charge is -2.32. The molecule has 0 aromatic heterocycles. The fraction of sp³-hybridized carbons (Fsp3) is 0.444. The molecule has 0 bridgehead atoms. The molecule has 2 aromatic rings. The fourth-order valence-corrected chi connectivity index (χ4v) is 5.54. The minimum atomic E-state index is -0.277. The molecule has 2 aliphatic heterocycles. The number of rotatable bonds is 5. The van der Waals surface area contributed by atoms with E-state index in [1.165, 1.54) is 5.56 Å². The van der Waals surface area contributed by atoms with Crippen LogP contribution < -0.4 is 15.1 Å². The molecule has 6 heteroatoms. The van der Waals surface area contributed by atoms with E-state index in [1.54, 1.807) is 0 Å². The van der Waals surface area contributed by atoms with Crippen LogP contribution in [0.2, 0.25) is 0 Å². The maximum absolute atomic E-state index is 13.5. The number of hydrogen-bond acceptors (Lipinski definition) is 3. The van der Waals surface area contributed by atoms with E-state index in [9.17, 15) is 14.4 Å². The zero-order chi connectivity index (χ0) is 22.8. The van der Waals surface area contributed by atoms with Crippen LogP contribution in [-0.2, 0) is 27.3 Å². The third-order valence-corrected chi connectivity index (χ3v) is 7.36. The average molecular weight is 446 g/mol. The minimum Gasteiger partial charge on any atom is -0.352 e. The number of nitrogens with one attached hydrogen (secondary N) is 1. The van der Waals surface area contributed by atoms with Gasteiger partial charge in [0.05, 0.1) is 5.92 Å². The SMILES string of the molecule is O=C(NCc1ccc(N2CCCC2=O)cc1)[C@H]1CCCC[C@@H]1C(=O)N1CCc2ccccc21. The molecule has 6 nitrogen and oxygen atoms in total. The second-order valence-electron chi connectivity index (χ2n) is 9.40. The molecule has 0 radical (unpaired) electrons. The van der Waals surface area contributed by atoms with Crippen molar-refractivity contribution in [3.63, 3.8) is 0 Å². The first-order chi connectivity index (χ1) is 16.1. The summed E-state index contributed by atoms with van der Waals surface area (Å²) in [6, 6.07) is 15.9. The van der Waals surface area contributed by atoms with Gasteiger partial charge in [0, 0.05) is 43.3 Å². The highest BCUT2D eigenvalue weighted by Crippen LogP contribution is 2.36. The topological polar surface area (TPSA) is 69.7 Å². The number of carbonyl (C=O) groups is 3. The van der Waals surface area contributed by atoms with Crippen molar-refractivity contribution in [3.8, 4) is 0 Å². The molecule has 1 N–H and O–H groups in total. The first-order valence-corrected chi connectivity index (χ1v) is 12.2. The van der Waals surface area contributed by atoms with Crippen LogP contribution in [0.25, 0.3) is 0 Å². The van der Waals surface area contributed by atoms with Gasteiger partial charge in [0.1, 0.15) is 0 Å². The van der Waals surface area contributed by atoms with Crippen molar-refractivity contribution < 1.29 is 14.4 Å². The summed E-state index contributed by atoms with van der Waals surface area (Å²) in [5.41, 5.74) is 4.12. The number of anilines is 2. The summed E-state index contributed by atoms with van der Waals surface area (Å²) < 4.78 is 0. The molecule has 172 valence electrons. The van der Waals surface area contributed by atoms with Gasteiger partial charge in [-0.1, -0.05) is 43.2 Å². The van der Waals surface area contributed by atoms with Gasteiger partial charge in [-0.05, 0) is 55.0 Å². The van der Waals surface area contributed by atoms with E-state index in [2.05, 4.69) is 11.4 Å². The summed E-state index contributed by atoms with van der Waals surface area (Å²) in [6.45, 7) is 1.90. The molecule has 2 fully saturated rings. The van der Waals surface area contributed by atoms with Gasteiger partial charge in [-0.3, -0.25) is 14.4 Å². The normalized spacial score (nSPS) is 22.4. The first-order valence-electron chi connectivity index (χ1n) is 12.2. The summed E-state index contributed by atoms with van der Waals surface area (Å²) >= 11 is 0. The van der Waals surface area contributed by atoms with Crippen LogP contribution in [0.3, 0.4) is 0 Å². The Morgan fingerprint density at radius 3 is 2.39 bits per heavy atom. The number of benzene rings is 2. The average Bonchev–Trinajstić information content (AvgIpc) is 3.48. The molecule has 33 heavy (non-hydrogen) atoms. The van der Waals surface area contributed by atoms with Crippen LogP contribution in [0.1, 0.15) is 49.7 Å². The smallest absolute Gasteiger partial charge is 0.230 e. The molecule has 1 saturated carbocycles. The van der Waals surface area contributed by atoms with Gasteiger partial charge >= 0.3 is 0 Å². The van der Waals surface area contributed by atoms with E-state index in [0.717, 1.165) is 62.0 Å². The Morgan fingerprint density at radius 1 is 0.879 bits per heavy atom. The van der Waals surface area contributed by atoms with E-state index >= 15 is 0 Å². The van der Waals surface area contributed by atoms with Crippen LogP contribution in [-0.4, -0.2) is 30.8 Å². The van der Waals surface area contributed by atoms with Gasteiger partial charge in [-0.2, -0.15) is 0 Å². The lowest BCUT2D eigenvalue weighted by atomic mass is 9.77. The Labute approximate surface area is 194 Å². The summed E-state index contributed by atoms with van der Waals surface area (Å²) in [5.74, 6) is -0.294. The largest absolute Gasteiger partial charge is 0.352 e. The third kappa shape index (κ3) is 4.39. The van der Waals surface area contributed by atoms with E-state index in [-0.39, 0.29) is 29.6 Å². The molecule has 0 spiro atoms. The molecule has 0 unspecified atom stereocenters. The van der Waals surface area contributed by atoms with Gasteiger partial charge in [0.15, 0.2) is 0 Å². The van der Waals surface area contributed by atoms with Crippen molar-refractivity contribution in [2.75, 3.05) is 22.9 Å². The standard InChI is InChI=1S/C27H31N3O3/c31-25-10-5-16-29(25)21-13-11-19(12-14-21)18-28-26(32)22-7-2-3-8-23(22)27(33)30-17-15-20-6-1-4-9-24(20)30/h1,4,6,9,11-14,22-23H,2-3,5,7-8,10,15-18H2,(H,28,32)/t22-,23-/m0/s1. The molecular weight excluding hydrogens is 414 g/mol. The van der Waals surface area contributed by atoms with Crippen LogP contribution in [0.4, 0.5) is 11.4 Å². The van der Waals surface area contributed by atoms with Crippen LogP contribution in [0.5, 0.6) is 0 Å². The number of para-hydroxylation sites is 1. The van der Waals surface area contributed by atoms with E-state index in [4.69, 9.17) is 0 Å². The molecule has 2 aromatic carbocycles. The highest BCUT2D eigenvalue weighted by Gasteiger charge is 2.39. The van der Waals surface area contributed by atoms with Crippen molar-refractivity contribution >= 4 is 29.1 Å². The molecule has 1 aliphatic carbocycles. The van der Waals surface area contributed by atoms with Crippen molar-refractivity contribution in [3.05, 3.63) is 59.7 Å². The predicted octanol–water partition coefficient (Wildman–Crippen LogP) is 3.83. The molecule has 3 amide bonds. The fourth-order valence-electron chi connectivity index (χ4n) is 5.54. The van der Waals surface area contributed by atoms with E-state index in [0.29, 0.717) is 19.5 Å². The van der Waals surface area contributed by atoms with E-state index < -0.39 is 0 Å². The molecular formula is C27H31N3O3. The first kappa shape index (κ1) is 21.7. The molecule has 5 rings (SSSR count). The number of fused-ring (bicyclic) bond motifs is 1. The maximum Gasteiger partial charge on any atom is 0.230 e. The minimum absolute atomic E-state index is 0.0284. The van der Waals surface area contributed by atoms with Gasteiger partial charge in [0.2, 0.25) is 17.7 Å². The Hall–Kier alpha value is -3.15. The number of nitrogens with zero attached hydrogens (tertiary/aromatic N) is 2. The van der Waals surface area contributed by atoms with E-state index in [1.807, 2.05) is 52.3 Å². The number of amides is 3. The third-order valence-electron chi connectivity index (χ3n) is 7.36.